The van der Waals surface area contributed by atoms with Crippen molar-refractivity contribution in [2.45, 2.75) is 6.54 Å². The van der Waals surface area contributed by atoms with E-state index in [-0.39, 0.29) is 0 Å². The Kier molecular flexibility index (Phi) is 4.81. The number of aromatic nitrogens is 1. The van der Waals surface area contributed by atoms with Crippen LogP contribution in [-0.2, 0) is 6.54 Å². The van der Waals surface area contributed by atoms with E-state index in [4.69, 9.17) is 16.3 Å². The van der Waals surface area contributed by atoms with Gasteiger partial charge in [-0.25, -0.2) is 0 Å². The standard InChI is InChI=1S/C15H15ClN2O/c1-2-9-19-13-5-3-12(4-6-13)10-18-15-11-17-8-7-14(15)16/h2-8,11,18H,1,9-10H2. The van der Waals surface area contributed by atoms with Gasteiger partial charge in [0, 0.05) is 12.7 Å². The molecule has 0 aliphatic carbocycles. The summed E-state index contributed by atoms with van der Waals surface area (Å²) in [4.78, 5) is 4.03. The molecule has 0 saturated heterocycles. The second-order valence-electron chi connectivity index (χ2n) is 3.95. The molecule has 2 rings (SSSR count). The van der Waals surface area contributed by atoms with Gasteiger partial charge in [-0.05, 0) is 23.8 Å². The van der Waals surface area contributed by atoms with Crippen molar-refractivity contribution in [3.8, 4) is 5.75 Å². The van der Waals surface area contributed by atoms with Gasteiger partial charge in [0.25, 0.3) is 0 Å². The Bertz CT molecular complexity index is 540. The molecule has 4 heteroatoms. The van der Waals surface area contributed by atoms with Crippen molar-refractivity contribution in [3.05, 3.63) is 66.0 Å². The summed E-state index contributed by atoms with van der Waals surface area (Å²) in [6, 6.07) is 9.65. The molecule has 0 unspecified atom stereocenters. The molecule has 1 heterocycles. The Morgan fingerprint density at radius 2 is 2.05 bits per heavy atom. The fraction of sp³-hybridized carbons (Fsp3) is 0.133. The van der Waals surface area contributed by atoms with E-state index in [0.717, 1.165) is 17.0 Å². The van der Waals surface area contributed by atoms with Crippen molar-refractivity contribution in [2.24, 2.45) is 0 Å². The van der Waals surface area contributed by atoms with E-state index >= 15 is 0 Å². The topological polar surface area (TPSA) is 34.1 Å². The number of pyridine rings is 1. The molecule has 1 N–H and O–H groups in total. The number of nitrogens with one attached hydrogen (secondary N) is 1. The third kappa shape index (κ3) is 4.00. The van der Waals surface area contributed by atoms with Crippen LogP contribution in [-0.4, -0.2) is 11.6 Å². The van der Waals surface area contributed by atoms with Crippen LogP contribution in [0.4, 0.5) is 5.69 Å². The first-order valence-electron chi connectivity index (χ1n) is 5.95. The number of hydrogen-bond donors (Lipinski definition) is 1. The monoisotopic (exact) mass is 274 g/mol. The van der Waals surface area contributed by atoms with Crippen molar-refractivity contribution in [2.75, 3.05) is 11.9 Å². The molecule has 0 atom stereocenters. The molecular weight excluding hydrogens is 260 g/mol. The first-order valence-corrected chi connectivity index (χ1v) is 6.33. The highest BCUT2D eigenvalue weighted by atomic mass is 35.5. The van der Waals surface area contributed by atoms with Crippen LogP contribution in [0.2, 0.25) is 5.02 Å². The van der Waals surface area contributed by atoms with Crippen LogP contribution in [0.3, 0.4) is 0 Å². The normalized spacial score (nSPS) is 9.95. The first-order chi connectivity index (χ1) is 9.29. The van der Waals surface area contributed by atoms with Gasteiger partial charge in [-0.1, -0.05) is 36.4 Å². The molecule has 0 amide bonds. The zero-order valence-corrected chi connectivity index (χ0v) is 11.2. The zero-order chi connectivity index (χ0) is 13.5. The Hall–Kier alpha value is -2.00. The minimum Gasteiger partial charge on any atom is -0.490 e. The predicted molar refractivity (Wildman–Crippen MR) is 78.7 cm³/mol. The average Bonchev–Trinajstić information content (AvgIpc) is 2.45. The lowest BCUT2D eigenvalue weighted by atomic mass is 10.2. The lowest BCUT2D eigenvalue weighted by Crippen LogP contribution is -2.00. The Morgan fingerprint density at radius 3 is 2.74 bits per heavy atom. The van der Waals surface area contributed by atoms with Crippen LogP contribution in [0, 0.1) is 0 Å². The highest BCUT2D eigenvalue weighted by molar-refractivity contribution is 6.33. The maximum atomic E-state index is 6.04. The number of anilines is 1. The number of halogens is 1. The van der Waals surface area contributed by atoms with Crippen LogP contribution in [0.5, 0.6) is 5.75 Å². The van der Waals surface area contributed by atoms with Crippen LogP contribution in [0.15, 0.2) is 55.4 Å². The van der Waals surface area contributed by atoms with Crippen LogP contribution < -0.4 is 10.1 Å². The lowest BCUT2D eigenvalue weighted by Gasteiger charge is -2.08. The van der Waals surface area contributed by atoms with E-state index < -0.39 is 0 Å². The summed E-state index contributed by atoms with van der Waals surface area (Å²) in [5.74, 6) is 0.836. The third-order valence-electron chi connectivity index (χ3n) is 2.54. The maximum Gasteiger partial charge on any atom is 0.119 e. The fourth-order valence-electron chi connectivity index (χ4n) is 1.56. The third-order valence-corrected chi connectivity index (χ3v) is 2.87. The fourth-order valence-corrected chi connectivity index (χ4v) is 1.74. The summed E-state index contributed by atoms with van der Waals surface area (Å²) >= 11 is 6.04. The molecule has 1 aromatic carbocycles. The van der Waals surface area contributed by atoms with Gasteiger partial charge in [0.05, 0.1) is 16.9 Å². The van der Waals surface area contributed by atoms with Crippen molar-refractivity contribution < 1.29 is 4.74 Å². The van der Waals surface area contributed by atoms with Gasteiger partial charge in [-0.3, -0.25) is 4.98 Å². The van der Waals surface area contributed by atoms with Gasteiger partial charge in [-0.15, -0.1) is 0 Å². The van der Waals surface area contributed by atoms with E-state index in [1.54, 1.807) is 24.5 Å². The van der Waals surface area contributed by atoms with Crippen LogP contribution in [0.1, 0.15) is 5.56 Å². The van der Waals surface area contributed by atoms with E-state index in [0.29, 0.717) is 18.2 Å². The van der Waals surface area contributed by atoms with Gasteiger partial charge in [-0.2, -0.15) is 0 Å². The van der Waals surface area contributed by atoms with Crippen LogP contribution >= 0.6 is 11.6 Å². The van der Waals surface area contributed by atoms with Gasteiger partial charge < -0.3 is 10.1 Å². The molecule has 0 fully saturated rings. The molecule has 98 valence electrons. The number of ether oxygens (including phenoxy) is 1. The van der Waals surface area contributed by atoms with Crippen molar-refractivity contribution in [1.29, 1.82) is 0 Å². The quantitative estimate of drug-likeness (QED) is 0.811. The highest BCUT2D eigenvalue weighted by Gasteiger charge is 1.99. The molecule has 0 aliphatic heterocycles. The average molecular weight is 275 g/mol. The van der Waals surface area contributed by atoms with Gasteiger partial charge in [0.15, 0.2) is 0 Å². The SMILES string of the molecule is C=CCOc1ccc(CNc2cnccc2Cl)cc1. The Morgan fingerprint density at radius 1 is 1.26 bits per heavy atom. The first kappa shape index (κ1) is 13.4. The number of hydrogen-bond acceptors (Lipinski definition) is 3. The largest absolute Gasteiger partial charge is 0.490 e. The van der Waals surface area contributed by atoms with Crippen molar-refractivity contribution >= 4 is 17.3 Å². The van der Waals surface area contributed by atoms with E-state index in [1.165, 1.54) is 0 Å². The second-order valence-corrected chi connectivity index (χ2v) is 4.36. The molecule has 0 spiro atoms. The van der Waals surface area contributed by atoms with Crippen LogP contribution in [0.25, 0.3) is 0 Å². The summed E-state index contributed by atoms with van der Waals surface area (Å²) in [7, 11) is 0. The van der Waals surface area contributed by atoms with E-state index in [2.05, 4.69) is 16.9 Å². The van der Waals surface area contributed by atoms with E-state index in [1.807, 2.05) is 24.3 Å². The summed E-state index contributed by atoms with van der Waals surface area (Å²) in [5, 5.41) is 3.91. The zero-order valence-electron chi connectivity index (χ0n) is 10.5. The molecule has 0 radical (unpaired) electrons. The lowest BCUT2D eigenvalue weighted by molar-refractivity contribution is 0.363. The molecule has 0 saturated carbocycles. The molecule has 19 heavy (non-hydrogen) atoms. The summed E-state index contributed by atoms with van der Waals surface area (Å²) < 4.78 is 5.42. The minimum absolute atomic E-state index is 0.517. The number of benzene rings is 1. The Balaban J connectivity index is 1.93. The van der Waals surface area contributed by atoms with Gasteiger partial charge in [0.1, 0.15) is 12.4 Å². The van der Waals surface area contributed by atoms with Gasteiger partial charge >= 0.3 is 0 Å². The molecule has 2 aromatic rings. The maximum absolute atomic E-state index is 6.04. The van der Waals surface area contributed by atoms with Crippen molar-refractivity contribution in [1.82, 2.24) is 4.98 Å². The second kappa shape index (κ2) is 6.81. The molecular formula is C15H15ClN2O. The smallest absolute Gasteiger partial charge is 0.119 e. The molecule has 3 nitrogen and oxygen atoms in total. The van der Waals surface area contributed by atoms with Gasteiger partial charge in [0.2, 0.25) is 0 Å². The summed E-state index contributed by atoms with van der Waals surface area (Å²) in [6.45, 7) is 4.82. The molecule has 0 aliphatic rings. The molecule has 1 aromatic heterocycles. The van der Waals surface area contributed by atoms with Crippen molar-refractivity contribution in [3.63, 3.8) is 0 Å². The number of nitrogens with zero attached hydrogens (tertiary/aromatic N) is 1. The highest BCUT2D eigenvalue weighted by Crippen LogP contribution is 2.20. The minimum atomic E-state index is 0.517. The Labute approximate surface area is 117 Å². The summed E-state index contributed by atoms with van der Waals surface area (Å²) in [6.07, 6.45) is 5.10. The molecule has 0 bridgehead atoms. The predicted octanol–water partition coefficient (Wildman–Crippen LogP) is 3.91. The van der Waals surface area contributed by atoms with E-state index in [9.17, 15) is 0 Å². The number of rotatable bonds is 6. The summed E-state index contributed by atoms with van der Waals surface area (Å²) in [5.41, 5.74) is 1.97.